The summed E-state index contributed by atoms with van der Waals surface area (Å²) in [5.41, 5.74) is 0.304. The van der Waals surface area contributed by atoms with Crippen LogP contribution in [0.1, 0.15) is 38.0 Å². The molecule has 2 fully saturated rings. The first kappa shape index (κ1) is 11.8. The number of carbonyl (C=O) groups is 1. The van der Waals surface area contributed by atoms with E-state index >= 15 is 0 Å². The topological polar surface area (TPSA) is 54.3 Å². The molecule has 1 aliphatic carbocycles. The predicted molar refractivity (Wildman–Crippen MR) is 67.9 cm³/mol. The van der Waals surface area contributed by atoms with E-state index in [2.05, 4.69) is 10.6 Å². The molecule has 2 aliphatic rings. The van der Waals surface area contributed by atoms with Crippen molar-refractivity contribution in [3.8, 4) is 0 Å². The molecule has 2 atom stereocenters. The lowest BCUT2D eigenvalue weighted by atomic mass is 9.91. The molecular weight excluding hydrogens is 228 g/mol. The number of furan rings is 1. The van der Waals surface area contributed by atoms with Gasteiger partial charge in [0.25, 0.3) is 0 Å². The van der Waals surface area contributed by atoms with Gasteiger partial charge in [-0.05, 0) is 56.8 Å². The van der Waals surface area contributed by atoms with Gasteiger partial charge in [-0.25, -0.2) is 0 Å². The maximum absolute atomic E-state index is 12.2. The van der Waals surface area contributed by atoms with Gasteiger partial charge in [0, 0.05) is 5.92 Å². The van der Waals surface area contributed by atoms with Gasteiger partial charge in [0.1, 0.15) is 5.76 Å². The van der Waals surface area contributed by atoms with Crippen LogP contribution in [0, 0.1) is 11.3 Å². The molecule has 0 aromatic carbocycles. The van der Waals surface area contributed by atoms with Crippen molar-refractivity contribution in [2.24, 2.45) is 11.3 Å². The van der Waals surface area contributed by atoms with E-state index < -0.39 is 0 Å². The Morgan fingerprint density at radius 2 is 2.33 bits per heavy atom. The first-order valence-corrected chi connectivity index (χ1v) is 6.76. The monoisotopic (exact) mass is 248 g/mol. The highest BCUT2D eigenvalue weighted by Crippen LogP contribution is 2.58. The molecule has 1 saturated heterocycles. The molecule has 0 radical (unpaired) electrons. The first-order chi connectivity index (χ1) is 8.71. The number of hydrogen-bond donors (Lipinski definition) is 2. The maximum Gasteiger partial charge on any atom is 0.224 e. The van der Waals surface area contributed by atoms with Crippen LogP contribution in [0.2, 0.25) is 0 Å². The Morgan fingerprint density at radius 3 is 3.00 bits per heavy atom. The predicted octanol–water partition coefficient (Wildman–Crippen LogP) is 1.85. The van der Waals surface area contributed by atoms with Crippen molar-refractivity contribution in [2.75, 3.05) is 13.1 Å². The summed E-state index contributed by atoms with van der Waals surface area (Å²) in [6, 6.07) is 3.72. The minimum absolute atomic E-state index is 0.0353. The van der Waals surface area contributed by atoms with Crippen molar-refractivity contribution < 1.29 is 9.21 Å². The number of rotatable bonds is 3. The molecule has 98 valence electrons. The van der Waals surface area contributed by atoms with Crippen molar-refractivity contribution in [2.45, 2.75) is 32.2 Å². The normalized spacial score (nSPS) is 26.8. The van der Waals surface area contributed by atoms with Crippen molar-refractivity contribution >= 4 is 5.91 Å². The molecule has 2 N–H and O–H groups in total. The summed E-state index contributed by atoms with van der Waals surface area (Å²) in [4.78, 5) is 12.2. The van der Waals surface area contributed by atoms with Gasteiger partial charge in [-0.2, -0.15) is 0 Å². The highest BCUT2D eigenvalue weighted by atomic mass is 16.3. The van der Waals surface area contributed by atoms with Gasteiger partial charge in [-0.3, -0.25) is 4.79 Å². The third-order valence-corrected chi connectivity index (χ3v) is 4.43. The van der Waals surface area contributed by atoms with Crippen LogP contribution in [-0.4, -0.2) is 19.0 Å². The Kier molecular flexibility index (Phi) is 2.90. The Labute approximate surface area is 107 Å². The molecule has 0 bridgehead atoms. The zero-order valence-electron chi connectivity index (χ0n) is 10.7. The number of piperidine rings is 1. The fourth-order valence-corrected chi connectivity index (χ4v) is 3.12. The smallest absolute Gasteiger partial charge is 0.224 e. The van der Waals surface area contributed by atoms with E-state index in [9.17, 15) is 4.79 Å². The van der Waals surface area contributed by atoms with Crippen LogP contribution in [0.4, 0.5) is 0 Å². The molecular formula is C14H20N2O2. The molecule has 4 nitrogen and oxygen atoms in total. The minimum Gasteiger partial charge on any atom is -0.467 e. The van der Waals surface area contributed by atoms with E-state index in [1.165, 1.54) is 0 Å². The zero-order chi connectivity index (χ0) is 12.6. The van der Waals surface area contributed by atoms with Crippen molar-refractivity contribution in [3.05, 3.63) is 24.2 Å². The van der Waals surface area contributed by atoms with Crippen LogP contribution in [0.3, 0.4) is 0 Å². The first-order valence-electron chi connectivity index (χ1n) is 6.76. The lowest BCUT2D eigenvalue weighted by Crippen LogP contribution is -2.34. The summed E-state index contributed by atoms with van der Waals surface area (Å²) in [6.07, 6.45) is 4.98. The van der Waals surface area contributed by atoms with Gasteiger partial charge in [0.05, 0.1) is 12.3 Å². The minimum atomic E-state index is -0.0353. The summed E-state index contributed by atoms with van der Waals surface area (Å²) in [5.74, 6) is 1.24. The molecule has 18 heavy (non-hydrogen) atoms. The number of hydrogen-bond acceptors (Lipinski definition) is 3. The standard InChI is InChI=1S/C14H20N2O2/c1-10(12-3-2-8-18-12)16-13(17)11-9-14(11)4-6-15-7-5-14/h2-3,8,10-11,15H,4-7,9H2,1H3,(H,16,17). The van der Waals surface area contributed by atoms with E-state index in [1.807, 2.05) is 19.1 Å². The quantitative estimate of drug-likeness (QED) is 0.858. The van der Waals surface area contributed by atoms with Crippen molar-refractivity contribution in [1.82, 2.24) is 10.6 Å². The van der Waals surface area contributed by atoms with Crippen LogP contribution >= 0.6 is 0 Å². The summed E-state index contributed by atoms with van der Waals surface area (Å²) < 4.78 is 5.31. The molecule has 1 amide bonds. The average molecular weight is 248 g/mol. The lowest BCUT2D eigenvalue weighted by Gasteiger charge is -2.23. The van der Waals surface area contributed by atoms with E-state index in [4.69, 9.17) is 4.42 Å². The summed E-state index contributed by atoms with van der Waals surface area (Å²) in [6.45, 7) is 4.07. The third kappa shape index (κ3) is 2.05. The van der Waals surface area contributed by atoms with Gasteiger partial charge in [0.2, 0.25) is 5.91 Å². The largest absolute Gasteiger partial charge is 0.467 e. The highest BCUT2D eigenvalue weighted by Gasteiger charge is 2.57. The molecule has 1 aromatic heterocycles. The highest BCUT2D eigenvalue weighted by molar-refractivity contribution is 5.82. The van der Waals surface area contributed by atoms with Crippen LogP contribution in [0.15, 0.2) is 22.8 Å². The van der Waals surface area contributed by atoms with E-state index in [-0.39, 0.29) is 17.9 Å². The maximum atomic E-state index is 12.2. The second kappa shape index (κ2) is 4.43. The van der Waals surface area contributed by atoms with Gasteiger partial charge in [-0.15, -0.1) is 0 Å². The fraction of sp³-hybridized carbons (Fsp3) is 0.643. The van der Waals surface area contributed by atoms with Crippen LogP contribution in [0.5, 0.6) is 0 Å². The molecule has 2 heterocycles. The average Bonchev–Trinajstić information content (AvgIpc) is 2.84. The van der Waals surface area contributed by atoms with Gasteiger partial charge in [0.15, 0.2) is 0 Å². The molecule has 1 spiro atoms. The second-order valence-electron chi connectivity index (χ2n) is 5.61. The number of nitrogens with one attached hydrogen (secondary N) is 2. The lowest BCUT2D eigenvalue weighted by molar-refractivity contribution is -0.124. The molecule has 1 aliphatic heterocycles. The van der Waals surface area contributed by atoms with E-state index in [0.29, 0.717) is 5.41 Å². The Bertz CT molecular complexity index is 421. The molecule has 4 heteroatoms. The van der Waals surface area contributed by atoms with Crippen LogP contribution < -0.4 is 10.6 Å². The number of amides is 1. The number of carbonyl (C=O) groups excluding carboxylic acids is 1. The van der Waals surface area contributed by atoms with Crippen molar-refractivity contribution in [1.29, 1.82) is 0 Å². The van der Waals surface area contributed by atoms with Gasteiger partial charge < -0.3 is 15.1 Å². The Hall–Kier alpha value is -1.29. The molecule has 2 unspecified atom stereocenters. The molecule has 1 saturated carbocycles. The van der Waals surface area contributed by atoms with E-state index in [0.717, 1.165) is 38.1 Å². The summed E-state index contributed by atoms with van der Waals surface area (Å²) >= 11 is 0. The van der Waals surface area contributed by atoms with E-state index in [1.54, 1.807) is 6.26 Å². The Balaban J connectivity index is 1.57. The second-order valence-corrected chi connectivity index (χ2v) is 5.61. The summed E-state index contributed by atoms with van der Waals surface area (Å²) in [7, 11) is 0. The van der Waals surface area contributed by atoms with Crippen molar-refractivity contribution in [3.63, 3.8) is 0 Å². The van der Waals surface area contributed by atoms with Crippen LogP contribution in [-0.2, 0) is 4.79 Å². The third-order valence-electron chi connectivity index (χ3n) is 4.43. The summed E-state index contributed by atoms with van der Waals surface area (Å²) in [5, 5.41) is 6.42. The Morgan fingerprint density at radius 1 is 1.56 bits per heavy atom. The van der Waals surface area contributed by atoms with Gasteiger partial charge >= 0.3 is 0 Å². The fourth-order valence-electron chi connectivity index (χ4n) is 3.12. The molecule has 3 rings (SSSR count). The van der Waals surface area contributed by atoms with Crippen LogP contribution in [0.25, 0.3) is 0 Å². The van der Waals surface area contributed by atoms with Gasteiger partial charge in [-0.1, -0.05) is 0 Å². The SMILES string of the molecule is CC(NC(=O)C1CC12CCNCC2)c1ccco1. The molecule has 1 aromatic rings. The zero-order valence-corrected chi connectivity index (χ0v) is 10.7.